The van der Waals surface area contributed by atoms with Crippen LogP contribution in [0.25, 0.3) is 61.3 Å². The molecule has 306 valence electrons. The summed E-state index contributed by atoms with van der Waals surface area (Å²) in [7, 11) is 0. The van der Waals surface area contributed by atoms with E-state index in [0.717, 1.165) is 60.8 Å². The summed E-state index contributed by atoms with van der Waals surface area (Å²) in [4.78, 5) is 11.8. The highest BCUT2D eigenvalue weighted by Crippen LogP contribution is 2.44. The smallest absolute Gasteiger partial charge is 0.145 e. The molecule has 0 aliphatic heterocycles. The van der Waals surface area contributed by atoms with Gasteiger partial charge in [-0.15, -0.1) is 12.6 Å². The first-order valence-corrected chi connectivity index (χ1v) is 21.7. The van der Waals surface area contributed by atoms with Crippen molar-refractivity contribution in [2.45, 2.75) is 143 Å². The number of rotatable bonds is 4. The number of para-hydroxylation sites is 1. The Hall–Kier alpha value is -4.67. The van der Waals surface area contributed by atoms with Crippen LogP contribution in [-0.2, 0) is 27.1 Å². The molecule has 7 rings (SSSR count). The Balaban J connectivity index is 1.60. The van der Waals surface area contributed by atoms with Gasteiger partial charge in [0.1, 0.15) is 5.82 Å². The third kappa shape index (κ3) is 8.15. The summed E-state index contributed by atoms with van der Waals surface area (Å²) < 4.78 is 2.37. The molecular formula is C55H65N3S. The highest BCUT2D eigenvalue weighted by Gasteiger charge is 2.28. The molecule has 0 saturated heterocycles. The molecule has 3 nitrogen and oxygen atoms in total. The van der Waals surface area contributed by atoms with Gasteiger partial charge in [-0.1, -0.05) is 140 Å². The van der Waals surface area contributed by atoms with Gasteiger partial charge in [-0.25, -0.2) is 4.98 Å². The van der Waals surface area contributed by atoms with Crippen LogP contribution < -0.4 is 0 Å². The minimum Gasteiger partial charge on any atom is -0.292 e. The van der Waals surface area contributed by atoms with Crippen molar-refractivity contribution in [3.63, 3.8) is 0 Å². The summed E-state index contributed by atoms with van der Waals surface area (Å²) >= 11 is 5.32. The summed E-state index contributed by atoms with van der Waals surface area (Å²) in [6, 6.07) is 34.4. The number of fused-ring (bicyclic) bond motifs is 2. The van der Waals surface area contributed by atoms with E-state index < -0.39 is 0 Å². The predicted molar refractivity (Wildman–Crippen MR) is 258 cm³/mol. The van der Waals surface area contributed by atoms with Crippen LogP contribution in [0.5, 0.6) is 0 Å². The molecule has 0 N–H and O–H groups in total. The van der Waals surface area contributed by atoms with E-state index in [1.54, 1.807) is 0 Å². The molecule has 59 heavy (non-hydrogen) atoms. The number of nitrogens with zero attached hydrogens (tertiary/aromatic N) is 3. The van der Waals surface area contributed by atoms with Gasteiger partial charge in [-0.05, 0) is 133 Å². The van der Waals surface area contributed by atoms with E-state index in [0.29, 0.717) is 0 Å². The van der Waals surface area contributed by atoms with E-state index in [1.807, 2.05) is 6.20 Å². The average molecular weight is 800 g/mol. The van der Waals surface area contributed by atoms with Crippen molar-refractivity contribution < 1.29 is 0 Å². The number of imidazole rings is 1. The van der Waals surface area contributed by atoms with Gasteiger partial charge < -0.3 is 0 Å². The number of aryl methyl sites for hydroxylation is 1. The molecule has 0 bridgehead atoms. The van der Waals surface area contributed by atoms with E-state index in [4.69, 9.17) is 22.6 Å². The number of hydrogen-bond acceptors (Lipinski definition) is 3. The van der Waals surface area contributed by atoms with Gasteiger partial charge in [0, 0.05) is 38.9 Å². The lowest BCUT2D eigenvalue weighted by Crippen LogP contribution is -2.17. The van der Waals surface area contributed by atoms with Crippen molar-refractivity contribution in [2.75, 3.05) is 0 Å². The second kappa shape index (κ2) is 14.5. The molecule has 0 unspecified atom stereocenters. The molecule has 7 aromatic rings. The van der Waals surface area contributed by atoms with E-state index in [2.05, 4.69) is 206 Å². The fourth-order valence-electron chi connectivity index (χ4n) is 8.11. The molecule has 0 aliphatic carbocycles. The van der Waals surface area contributed by atoms with Crippen LogP contribution >= 0.6 is 12.6 Å². The SMILES string of the molecule is Cc1ccnc2c(-c3cc(-c4nc5c(-c6cc(C(C)(C)C)cc(C(C)(C)C)c6S)cccc5n4-c4ccc(C(C)(C)C)cc4)cc(C(C)(C)C)c3)cc(C(C)(C)C)cc12. The highest BCUT2D eigenvalue weighted by atomic mass is 32.1. The quantitative estimate of drug-likeness (QED) is 0.180. The molecule has 0 spiro atoms. The number of aromatic nitrogens is 3. The second-order valence-corrected chi connectivity index (χ2v) is 22.5. The predicted octanol–water partition coefficient (Wildman–Crippen LogP) is 15.7. The summed E-state index contributed by atoms with van der Waals surface area (Å²) in [5, 5.41) is 1.20. The summed E-state index contributed by atoms with van der Waals surface area (Å²) in [6.45, 7) is 36.5. The Morgan fingerprint density at radius 1 is 0.492 bits per heavy atom. The van der Waals surface area contributed by atoms with Crippen molar-refractivity contribution in [3.05, 3.63) is 131 Å². The lowest BCUT2D eigenvalue weighted by molar-refractivity contribution is 0.560. The third-order valence-electron chi connectivity index (χ3n) is 12.0. The van der Waals surface area contributed by atoms with Crippen LogP contribution in [0.1, 0.15) is 137 Å². The van der Waals surface area contributed by atoms with E-state index >= 15 is 0 Å². The molecule has 0 atom stereocenters. The summed E-state index contributed by atoms with van der Waals surface area (Å²) in [6.07, 6.45) is 1.95. The number of benzene rings is 5. The van der Waals surface area contributed by atoms with E-state index in [-0.39, 0.29) is 27.1 Å². The molecule has 5 aromatic carbocycles. The largest absolute Gasteiger partial charge is 0.292 e. The van der Waals surface area contributed by atoms with E-state index in [9.17, 15) is 0 Å². The van der Waals surface area contributed by atoms with E-state index in [1.165, 1.54) is 38.8 Å². The van der Waals surface area contributed by atoms with Crippen molar-refractivity contribution in [1.29, 1.82) is 0 Å². The van der Waals surface area contributed by atoms with Crippen molar-refractivity contribution in [1.82, 2.24) is 14.5 Å². The highest BCUT2D eigenvalue weighted by molar-refractivity contribution is 7.80. The Bertz CT molecular complexity index is 2730. The van der Waals surface area contributed by atoms with Crippen LogP contribution in [0.3, 0.4) is 0 Å². The van der Waals surface area contributed by atoms with Crippen LogP contribution in [0.2, 0.25) is 0 Å². The maximum Gasteiger partial charge on any atom is 0.145 e. The van der Waals surface area contributed by atoms with Crippen molar-refractivity contribution >= 4 is 34.6 Å². The molecule has 0 radical (unpaired) electrons. The topological polar surface area (TPSA) is 30.7 Å². The standard InChI is InChI=1S/C55H65N3S/c1-33-24-25-56-47-42(33)29-38(53(8,9)10)30-43(47)34-26-35(28-37(27-34)52(5,6)7)50-57-48-41(44-31-39(54(11,12)13)32-45(49(44)59)55(14,15)16)18-17-19-46(48)58(50)40-22-20-36(21-23-40)51(2,3)4/h17-32,59H,1-16H3. The normalized spacial score (nSPS) is 13.2. The first kappa shape index (κ1) is 42.5. The lowest BCUT2D eigenvalue weighted by atomic mass is 9.78. The maximum absolute atomic E-state index is 5.74. The zero-order valence-corrected chi connectivity index (χ0v) is 39.4. The second-order valence-electron chi connectivity index (χ2n) is 22.0. The van der Waals surface area contributed by atoms with Gasteiger partial charge in [0.05, 0.1) is 16.6 Å². The number of pyridine rings is 1. The van der Waals surface area contributed by atoms with Crippen molar-refractivity contribution in [3.8, 4) is 39.3 Å². The average Bonchev–Trinajstić information content (AvgIpc) is 3.53. The minimum atomic E-state index is -0.125. The van der Waals surface area contributed by atoms with Gasteiger partial charge >= 0.3 is 0 Å². The fraction of sp³-hybridized carbons (Fsp3) is 0.382. The van der Waals surface area contributed by atoms with Gasteiger partial charge in [0.2, 0.25) is 0 Å². The zero-order chi connectivity index (χ0) is 43.2. The number of hydrogen-bond donors (Lipinski definition) is 1. The van der Waals surface area contributed by atoms with Crippen LogP contribution in [-0.4, -0.2) is 14.5 Å². The summed E-state index contributed by atoms with van der Waals surface area (Å²) in [5.74, 6) is 0.910. The molecule has 4 heteroatoms. The fourth-order valence-corrected chi connectivity index (χ4v) is 8.70. The van der Waals surface area contributed by atoms with Crippen LogP contribution in [0.4, 0.5) is 0 Å². The minimum absolute atomic E-state index is 0.0318. The molecule has 0 aliphatic rings. The molecular weight excluding hydrogens is 735 g/mol. The monoisotopic (exact) mass is 799 g/mol. The maximum atomic E-state index is 5.74. The first-order chi connectivity index (χ1) is 27.2. The van der Waals surface area contributed by atoms with Crippen LogP contribution in [0.15, 0.2) is 102 Å². The van der Waals surface area contributed by atoms with Gasteiger partial charge in [0.25, 0.3) is 0 Å². The lowest BCUT2D eigenvalue weighted by Gasteiger charge is -2.28. The molecule has 0 amide bonds. The molecule has 2 heterocycles. The third-order valence-corrected chi connectivity index (χ3v) is 12.5. The Morgan fingerprint density at radius 2 is 1.05 bits per heavy atom. The van der Waals surface area contributed by atoms with Gasteiger partial charge in [-0.3, -0.25) is 9.55 Å². The van der Waals surface area contributed by atoms with Gasteiger partial charge in [-0.2, -0.15) is 0 Å². The Labute approximate surface area is 360 Å². The van der Waals surface area contributed by atoms with Crippen molar-refractivity contribution in [2.24, 2.45) is 0 Å². The Kier molecular flexibility index (Phi) is 10.4. The zero-order valence-electron chi connectivity index (χ0n) is 38.5. The number of thiol groups is 1. The van der Waals surface area contributed by atoms with Crippen LogP contribution in [0, 0.1) is 6.92 Å². The Morgan fingerprint density at radius 3 is 1.64 bits per heavy atom. The first-order valence-electron chi connectivity index (χ1n) is 21.3. The molecule has 2 aromatic heterocycles. The summed E-state index contributed by atoms with van der Waals surface area (Å²) in [5.41, 5.74) is 17.0. The molecule has 0 fully saturated rings. The molecule has 0 saturated carbocycles. The van der Waals surface area contributed by atoms with Gasteiger partial charge in [0.15, 0.2) is 0 Å².